The molecule has 1 saturated heterocycles. The molecule has 10 heteroatoms. The second-order valence-electron chi connectivity index (χ2n) is 7.52. The van der Waals surface area contributed by atoms with Crippen LogP contribution < -0.4 is 5.32 Å². The molecule has 7 nitrogen and oxygen atoms in total. The van der Waals surface area contributed by atoms with Crippen LogP contribution in [0.4, 0.5) is 19.2 Å². The molecule has 1 aromatic carbocycles. The molecule has 2 aromatic rings. The average Bonchev–Trinajstić information content (AvgIpc) is 3.28. The Morgan fingerprint density at radius 1 is 1.24 bits per heavy atom. The molecule has 1 aliphatic heterocycles. The second-order valence-corrected chi connectivity index (χ2v) is 7.52. The van der Waals surface area contributed by atoms with E-state index in [4.69, 9.17) is 9.68 Å². The molecule has 1 amide bonds. The smallest absolute Gasteiger partial charge is 0.403 e. The summed E-state index contributed by atoms with van der Waals surface area (Å²) in [6, 6.07) is 4.53. The fourth-order valence-electron chi connectivity index (χ4n) is 3.60. The normalized spacial score (nSPS) is 17.8. The van der Waals surface area contributed by atoms with Gasteiger partial charge in [0.15, 0.2) is 0 Å². The zero-order valence-electron chi connectivity index (χ0n) is 15.4. The quantitative estimate of drug-likeness (QED) is 0.837. The summed E-state index contributed by atoms with van der Waals surface area (Å²) in [5.74, 6) is -0.111. The van der Waals surface area contributed by atoms with E-state index in [1.165, 1.54) is 18.9 Å². The third-order valence-corrected chi connectivity index (χ3v) is 5.64. The number of alkyl halides is 3. The highest BCUT2D eigenvalue weighted by molar-refractivity contribution is 5.80. The molecule has 2 heterocycles. The van der Waals surface area contributed by atoms with Gasteiger partial charge in [-0.15, -0.1) is 5.10 Å². The lowest BCUT2D eigenvalue weighted by Gasteiger charge is -2.32. The summed E-state index contributed by atoms with van der Waals surface area (Å²) in [6.07, 6.45) is -0.0265. The van der Waals surface area contributed by atoms with Crippen LogP contribution in [0.2, 0.25) is 0 Å². The fraction of sp³-hybridized carbons (Fsp3) is 0.474. The lowest BCUT2D eigenvalue weighted by atomic mass is 9.94. The van der Waals surface area contributed by atoms with Crippen LogP contribution in [0.5, 0.6) is 0 Å². The lowest BCUT2D eigenvalue weighted by Crippen LogP contribution is -2.41. The van der Waals surface area contributed by atoms with Crippen LogP contribution in [-0.2, 0) is 11.0 Å². The summed E-state index contributed by atoms with van der Waals surface area (Å²) in [6.45, 7) is 1.49. The van der Waals surface area contributed by atoms with Crippen molar-refractivity contribution in [3.63, 3.8) is 0 Å². The predicted molar refractivity (Wildman–Crippen MR) is 95.4 cm³/mol. The van der Waals surface area contributed by atoms with Crippen LogP contribution in [-0.4, -0.2) is 40.6 Å². The van der Waals surface area contributed by atoms with Crippen LogP contribution in [0.3, 0.4) is 0 Å². The molecular weight excluding hydrogens is 387 g/mol. The van der Waals surface area contributed by atoms with Gasteiger partial charge in [-0.05, 0) is 49.3 Å². The molecule has 4 rings (SSSR count). The number of piperidine rings is 1. The maximum absolute atomic E-state index is 12.9. The van der Waals surface area contributed by atoms with Crippen molar-refractivity contribution in [3.8, 4) is 17.5 Å². The Bertz CT molecular complexity index is 965. The predicted octanol–water partition coefficient (Wildman–Crippen LogP) is 3.44. The lowest BCUT2D eigenvalue weighted by molar-refractivity contribution is -0.137. The van der Waals surface area contributed by atoms with Gasteiger partial charge in [-0.25, -0.2) is 0 Å². The van der Waals surface area contributed by atoms with Gasteiger partial charge in [-0.3, -0.25) is 4.79 Å². The number of halogens is 3. The molecule has 1 N–H and O–H groups in total. The van der Waals surface area contributed by atoms with Crippen molar-refractivity contribution >= 4 is 11.9 Å². The molecule has 0 atom stereocenters. The molecular formula is C19H18F3N5O2. The molecule has 1 aliphatic carbocycles. The number of aromatic nitrogens is 2. The number of benzene rings is 1. The minimum absolute atomic E-state index is 0.00884. The zero-order chi connectivity index (χ0) is 20.6. The van der Waals surface area contributed by atoms with Crippen molar-refractivity contribution in [1.29, 1.82) is 5.26 Å². The number of carbonyl (C=O) groups is 1. The third-order valence-electron chi connectivity index (χ3n) is 5.64. The SMILES string of the molecule is N#Cc1cc(-c2nnc(NCC(=O)N3CCC4(CC3)CC4)o2)ccc1C(F)(F)F. The summed E-state index contributed by atoms with van der Waals surface area (Å²) in [5.41, 5.74) is -0.888. The number of carbonyl (C=O) groups excluding carboxylic acids is 1. The Labute approximate surface area is 164 Å². The standard InChI is InChI=1S/C19H18F3N5O2/c20-19(21,22)14-2-1-12(9-13(14)10-23)16-25-26-17(29-16)24-11-15(28)27-7-5-18(3-4-18)6-8-27/h1-2,9H,3-8,11H2,(H,24,26). The van der Waals surface area contributed by atoms with Gasteiger partial charge in [-0.2, -0.15) is 18.4 Å². The van der Waals surface area contributed by atoms with E-state index in [1.807, 2.05) is 4.90 Å². The maximum Gasteiger partial charge on any atom is 0.417 e. The molecule has 0 radical (unpaired) electrons. The molecule has 152 valence electrons. The van der Waals surface area contributed by atoms with Crippen molar-refractivity contribution in [2.24, 2.45) is 5.41 Å². The number of nitrogens with zero attached hydrogens (tertiary/aromatic N) is 4. The highest BCUT2D eigenvalue weighted by atomic mass is 19.4. The first-order valence-corrected chi connectivity index (χ1v) is 9.27. The molecule has 2 aliphatic rings. The van der Waals surface area contributed by atoms with Crippen molar-refractivity contribution in [3.05, 3.63) is 29.3 Å². The number of likely N-dealkylation sites (tertiary alicyclic amines) is 1. The van der Waals surface area contributed by atoms with Crippen molar-refractivity contribution < 1.29 is 22.4 Å². The largest absolute Gasteiger partial charge is 0.417 e. The van der Waals surface area contributed by atoms with Crippen LogP contribution in [0.15, 0.2) is 22.6 Å². The molecule has 1 saturated carbocycles. The van der Waals surface area contributed by atoms with E-state index in [-0.39, 0.29) is 29.9 Å². The van der Waals surface area contributed by atoms with Gasteiger partial charge in [0.2, 0.25) is 11.8 Å². The summed E-state index contributed by atoms with van der Waals surface area (Å²) in [5, 5.41) is 19.3. The van der Waals surface area contributed by atoms with Crippen molar-refractivity contribution in [2.75, 3.05) is 25.0 Å². The van der Waals surface area contributed by atoms with E-state index in [0.717, 1.165) is 44.1 Å². The van der Waals surface area contributed by atoms with Gasteiger partial charge in [0, 0.05) is 18.7 Å². The number of amides is 1. The molecule has 0 bridgehead atoms. The summed E-state index contributed by atoms with van der Waals surface area (Å²) in [4.78, 5) is 14.1. The highest BCUT2D eigenvalue weighted by Crippen LogP contribution is 2.53. The second kappa shape index (κ2) is 7.06. The van der Waals surface area contributed by atoms with Crippen molar-refractivity contribution in [1.82, 2.24) is 15.1 Å². The third kappa shape index (κ3) is 4.04. The summed E-state index contributed by atoms with van der Waals surface area (Å²) < 4.78 is 44.1. The Morgan fingerprint density at radius 3 is 2.59 bits per heavy atom. The van der Waals surface area contributed by atoms with Gasteiger partial charge in [-0.1, -0.05) is 5.10 Å². The number of anilines is 1. The van der Waals surface area contributed by atoms with Gasteiger partial charge >= 0.3 is 12.2 Å². The number of nitriles is 1. The zero-order valence-corrected chi connectivity index (χ0v) is 15.4. The first-order valence-electron chi connectivity index (χ1n) is 9.27. The van der Waals surface area contributed by atoms with E-state index in [2.05, 4.69) is 15.5 Å². The van der Waals surface area contributed by atoms with E-state index >= 15 is 0 Å². The van der Waals surface area contributed by atoms with E-state index in [1.54, 1.807) is 0 Å². The monoisotopic (exact) mass is 405 g/mol. The molecule has 29 heavy (non-hydrogen) atoms. The van der Waals surface area contributed by atoms with Gasteiger partial charge < -0.3 is 14.6 Å². The Hall–Kier alpha value is -3.09. The van der Waals surface area contributed by atoms with Crippen LogP contribution in [0.1, 0.15) is 36.8 Å². The molecule has 1 aromatic heterocycles. The number of hydrogen-bond donors (Lipinski definition) is 1. The fourth-order valence-corrected chi connectivity index (χ4v) is 3.60. The topological polar surface area (TPSA) is 95.0 Å². The first kappa shape index (κ1) is 19.2. The first-order chi connectivity index (χ1) is 13.8. The molecule has 1 spiro atoms. The number of rotatable bonds is 4. The Kier molecular flexibility index (Phi) is 4.68. The Balaban J connectivity index is 1.38. The average molecular weight is 405 g/mol. The minimum Gasteiger partial charge on any atom is -0.403 e. The molecule has 2 fully saturated rings. The summed E-state index contributed by atoms with van der Waals surface area (Å²) >= 11 is 0. The molecule has 0 unspecified atom stereocenters. The number of nitrogens with one attached hydrogen (secondary N) is 1. The van der Waals surface area contributed by atoms with Crippen LogP contribution in [0, 0.1) is 16.7 Å². The van der Waals surface area contributed by atoms with Gasteiger partial charge in [0.05, 0.1) is 23.7 Å². The van der Waals surface area contributed by atoms with Crippen molar-refractivity contribution in [2.45, 2.75) is 31.9 Å². The van der Waals surface area contributed by atoms with E-state index in [9.17, 15) is 18.0 Å². The van der Waals surface area contributed by atoms with Gasteiger partial charge in [0.25, 0.3) is 0 Å². The van der Waals surface area contributed by atoms with Crippen LogP contribution >= 0.6 is 0 Å². The maximum atomic E-state index is 12.9. The van der Waals surface area contributed by atoms with Gasteiger partial charge in [0.1, 0.15) is 0 Å². The number of hydrogen-bond acceptors (Lipinski definition) is 6. The minimum atomic E-state index is -4.63. The highest BCUT2D eigenvalue weighted by Gasteiger charge is 2.45. The Morgan fingerprint density at radius 2 is 1.97 bits per heavy atom. The summed E-state index contributed by atoms with van der Waals surface area (Å²) in [7, 11) is 0. The van der Waals surface area contributed by atoms with Crippen LogP contribution in [0.25, 0.3) is 11.5 Å². The van der Waals surface area contributed by atoms with E-state index < -0.39 is 17.3 Å². The van der Waals surface area contributed by atoms with E-state index in [0.29, 0.717) is 5.41 Å².